The van der Waals surface area contributed by atoms with Gasteiger partial charge in [-0.25, -0.2) is 0 Å². The molecule has 1 atom stereocenters. The van der Waals surface area contributed by atoms with Crippen molar-refractivity contribution in [3.8, 4) is 11.5 Å². The Morgan fingerprint density at radius 2 is 1.95 bits per heavy atom. The highest BCUT2D eigenvalue weighted by Crippen LogP contribution is 2.27. The zero-order chi connectivity index (χ0) is 15.0. The predicted octanol–water partition coefficient (Wildman–Crippen LogP) is 1.71. The number of carbonyl (C=O) groups is 1. The van der Waals surface area contributed by atoms with Crippen molar-refractivity contribution in [2.75, 3.05) is 20.8 Å². The van der Waals surface area contributed by atoms with Crippen LogP contribution < -0.4 is 20.1 Å². The number of benzene rings is 1. The third-order valence-electron chi connectivity index (χ3n) is 3.00. The molecule has 1 rings (SSSR count). The van der Waals surface area contributed by atoms with E-state index < -0.39 is 0 Å². The van der Waals surface area contributed by atoms with Crippen LogP contribution in [0.15, 0.2) is 18.2 Å². The Morgan fingerprint density at radius 3 is 2.55 bits per heavy atom. The van der Waals surface area contributed by atoms with Crippen molar-refractivity contribution in [3.05, 3.63) is 23.8 Å². The van der Waals surface area contributed by atoms with Crippen molar-refractivity contribution >= 4 is 5.91 Å². The Hall–Kier alpha value is -1.75. The van der Waals surface area contributed by atoms with E-state index in [-0.39, 0.29) is 11.9 Å². The average molecular weight is 280 g/mol. The first-order valence-corrected chi connectivity index (χ1v) is 6.84. The Morgan fingerprint density at radius 1 is 1.25 bits per heavy atom. The predicted molar refractivity (Wildman–Crippen MR) is 79.1 cm³/mol. The van der Waals surface area contributed by atoms with Crippen molar-refractivity contribution in [3.63, 3.8) is 0 Å². The summed E-state index contributed by atoms with van der Waals surface area (Å²) < 4.78 is 10.4. The quantitative estimate of drug-likeness (QED) is 0.761. The van der Waals surface area contributed by atoms with E-state index in [2.05, 4.69) is 10.6 Å². The van der Waals surface area contributed by atoms with Crippen molar-refractivity contribution in [1.29, 1.82) is 0 Å². The molecule has 0 aliphatic rings. The zero-order valence-electron chi connectivity index (χ0n) is 12.7. The van der Waals surface area contributed by atoms with Crippen LogP contribution in [0.5, 0.6) is 11.5 Å². The lowest BCUT2D eigenvalue weighted by Gasteiger charge is -2.15. The fraction of sp³-hybridized carbons (Fsp3) is 0.533. The molecule has 5 heteroatoms. The van der Waals surface area contributed by atoms with Crippen LogP contribution >= 0.6 is 0 Å². The molecule has 0 radical (unpaired) electrons. The molecule has 1 aromatic carbocycles. The van der Waals surface area contributed by atoms with Gasteiger partial charge >= 0.3 is 0 Å². The highest BCUT2D eigenvalue weighted by Gasteiger charge is 2.11. The second-order valence-corrected chi connectivity index (χ2v) is 4.58. The van der Waals surface area contributed by atoms with Crippen LogP contribution in [0.2, 0.25) is 0 Å². The molecule has 1 unspecified atom stereocenters. The molecule has 1 aromatic rings. The minimum atomic E-state index is -0.227. The van der Waals surface area contributed by atoms with Gasteiger partial charge in [0.25, 0.3) is 0 Å². The van der Waals surface area contributed by atoms with Crippen LogP contribution in [-0.2, 0) is 11.3 Å². The van der Waals surface area contributed by atoms with E-state index in [1.165, 1.54) is 0 Å². The number of ether oxygens (including phenoxy) is 2. The number of amides is 1. The van der Waals surface area contributed by atoms with Gasteiger partial charge in [-0.15, -0.1) is 0 Å². The highest BCUT2D eigenvalue weighted by atomic mass is 16.5. The summed E-state index contributed by atoms with van der Waals surface area (Å²) in [5.41, 5.74) is 1.04. The Balaban J connectivity index is 2.54. The number of hydrogen-bond donors (Lipinski definition) is 2. The van der Waals surface area contributed by atoms with Gasteiger partial charge in [-0.3, -0.25) is 4.79 Å². The number of nitrogens with one attached hydrogen (secondary N) is 2. The molecular formula is C15H24N2O3. The second kappa shape index (κ2) is 8.43. The lowest BCUT2D eigenvalue weighted by atomic mass is 10.2. The van der Waals surface area contributed by atoms with Crippen LogP contribution in [0.3, 0.4) is 0 Å². The van der Waals surface area contributed by atoms with Gasteiger partial charge in [0.05, 0.1) is 20.3 Å². The summed E-state index contributed by atoms with van der Waals surface area (Å²) >= 11 is 0. The molecule has 0 fully saturated rings. The van der Waals surface area contributed by atoms with E-state index in [0.29, 0.717) is 24.6 Å². The summed E-state index contributed by atoms with van der Waals surface area (Å²) in [6, 6.07) is 5.49. The summed E-state index contributed by atoms with van der Waals surface area (Å²) in [7, 11) is 3.21. The van der Waals surface area contributed by atoms with Crippen molar-refractivity contribution in [2.45, 2.75) is 32.9 Å². The minimum Gasteiger partial charge on any atom is -0.493 e. The fourth-order valence-electron chi connectivity index (χ4n) is 1.76. The molecule has 0 saturated heterocycles. The molecule has 0 bridgehead atoms. The Bertz CT molecular complexity index is 435. The monoisotopic (exact) mass is 280 g/mol. The summed E-state index contributed by atoms with van der Waals surface area (Å²) in [5.74, 6) is 1.41. The lowest BCUT2D eigenvalue weighted by Crippen LogP contribution is -2.42. The van der Waals surface area contributed by atoms with Gasteiger partial charge < -0.3 is 20.1 Å². The van der Waals surface area contributed by atoms with Gasteiger partial charge in [0.2, 0.25) is 5.91 Å². The largest absolute Gasteiger partial charge is 0.493 e. The third kappa shape index (κ3) is 4.74. The van der Waals surface area contributed by atoms with Crippen LogP contribution in [-0.4, -0.2) is 32.7 Å². The standard InChI is InChI=1S/C15H24N2O3/c1-5-8-16-15(18)11(2)17-10-12-6-7-13(19-3)14(9-12)20-4/h6-7,9,11,17H,5,8,10H2,1-4H3,(H,16,18). The maximum absolute atomic E-state index is 11.7. The number of rotatable bonds is 8. The van der Waals surface area contributed by atoms with Crippen LogP contribution in [0, 0.1) is 0 Å². The first-order valence-electron chi connectivity index (χ1n) is 6.84. The average Bonchev–Trinajstić information content (AvgIpc) is 2.49. The van der Waals surface area contributed by atoms with Gasteiger partial charge in [-0.2, -0.15) is 0 Å². The van der Waals surface area contributed by atoms with Gasteiger partial charge in [-0.05, 0) is 31.0 Å². The fourth-order valence-corrected chi connectivity index (χ4v) is 1.76. The summed E-state index contributed by atoms with van der Waals surface area (Å²) in [5, 5.41) is 6.05. The molecule has 0 aliphatic heterocycles. The number of hydrogen-bond acceptors (Lipinski definition) is 4. The van der Waals surface area contributed by atoms with Gasteiger partial charge in [-0.1, -0.05) is 13.0 Å². The maximum atomic E-state index is 11.7. The Labute approximate surface area is 120 Å². The molecule has 112 valence electrons. The third-order valence-corrected chi connectivity index (χ3v) is 3.00. The van der Waals surface area contributed by atoms with Crippen molar-refractivity contribution < 1.29 is 14.3 Å². The second-order valence-electron chi connectivity index (χ2n) is 4.58. The molecule has 1 amide bonds. The number of methoxy groups -OCH3 is 2. The van der Waals surface area contributed by atoms with E-state index >= 15 is 0 Å². The van der Waals surface area contributed by atoms with Crippen LogP contribution in [0.25, 0.3) is 0 Å². The normalized spacial score (nSPS) is 11.8. The topological polar surface area (TPSA) is 59.6 Å². The minimum absolute atomic E-state index is 0.0207. The summed E-state index contributed by atoms with van der Waals surface area (Å²) in [4.78, 5) is 11.7. The van der Waals surface area contributed by atoms with Gasteiger partial charge in [0, 0.05) is 13.1 Å². The molecule has 0 aliphatic carbocycles. The van der Waals surface area contributed by atoms with E-state index in [0.717, 1.165) is 12.0 Å². The smallest absolute Gasteiger partial charge is 0.236 e. The molecular weight excluding hydrogens is 256 g/mol. The number of carbonyl (C=O) groups excluding carboxylic acids is 1. The molecule has 2 N–H and O–H groups in total. The molecule has 0 aromatic heterocycles. The first-order chi connectivity index (χ1) is 9.62. The molecule has 0 spiro atoms. The van der Waals surface area contributed by atoms with E-state index in [1.807, 2.05) is 32.0 Å². The van der Waals surface area contributed by atoms with E-state index in [9.17, 15) is 4.79 Å². The molecule has 5 nitrogen and oxygen atoms in total. The van der Waals surface area contributed by atoms with Crippen molar-refractivity contribution in [1.82, 2.24) is 10.6 Å². The summed E-state index contributed by atoms with van der Waals surface area (Å²) in [6.07, 6.45) is 0.939. The van der Waals surface area contributed by atoms with Gasteiger partial charge in [0.15, 0.2) is 11.5 Å². The zero-order valence-corrected chi connectivity index (χ0v) is 12.7. The maximum Gasteiger partial charge on any atom is 0.236 e. The molecule has 0 heterocycles. The SMILES string of the molecule is CCCNC(=O)C(C)NCc1ccc(OC)c(OC)c1. The lowest BCUT2D eigenvalue weighted by molar-refractivity contribution is -0.122. The van der Waals surface area contributed by atoms with Crippen LogP contribution in [0.4, 0.5) is 0 Å². The Kier molecular flexibility index (Phi) is 6.87. The molecule has 20 heavy (non-hydrogen) atoms. The van der Waals surface area contributed by atoms with Crippen LogP contribution in [0.1, 0.15) is 25.8 Å². The summed E-state index contributed by atoms with van der Waals surface area (Å²) in [6.45, 7) is 5.19. The first kappa shape index (κ1) is 16.3. The van der Waals surface area contributed by atoms with E-state index in [4.69, 9.17) is 9.47 Å². The van der Waals surface area contributed by atoms with Gasteiger partial charge in [0.1, 0.15) is 0 Å². The molecule has 0 saturated carbocycles. The van der Waals surface area contributed by atoms with E-state index in [1.54, 1.807) is 14.2 Å². The van der Waals surface area contributed by atoms with Crippen molar-refractivity contribution in [2.24, 2.45) is 0 Å². The highest BCUT2D eigenvalue weighted by molar-refractivity contribution is 5.81.